The smallest absolute Gasteiger partial charge is 0.302 e. The number of allylic oxidation sites excluding steroid dienone is 2. The number of carbonyl (C=O) groups excluding carboxylic acids is 1. The molecule has 0 bridgehead atoms. The molecule has 0 aromatic carbocycles. The Morgan fingerprint density at radius 3 is 2.78 bits per heavy atom. The molecule has 0 radical (unpaired) electrons. The topological polar surface area (TPSA) is 26.3 Å². The molecule has 3 fully saturated rings. The molecule has 0 saturated heterocycles. The van der Waals surface area contributed by atoms with Crippen LogP contribution < -0.4 is 0 Å². The number of rotatable bonds is 1. The summed E-state index contributed by atoms with van der Waals surface area (Å²) in [6, 6.07) is 0. The number of hydrogen-bond acceptors (Lipinski definition) is 2. The lowest BCUT2D eigenvalue weighted by Crippen LogP contribution is -2.57. The predicted molar refractivity (Wildman–Crippen MR) is 91.8 cm³/mol. The lowest BCUT2D eigenvalue weighted by molar-refractivity contribution is -0.178. The van der Waals surface area contributed by atoms with E-state index in [1.165, 1.54) is 44.9 Å². The van der Waals surface area contributed by atoms with Crippen LogP contribution in [0.25, 0.3) is 0 Å². The van der Waals surface area contributed by atoms with Crippen molar-refractivity contribution in [3.8, 4) is 0 Å². The van der Waals surface area contributed by atoms with Gasteiger partial charge in [-0.3, -0.25) is 4.79 Å². The summed E-state index contributed by atoms with van der Waals surface area (Å²) < 4.78 is 5.98. The van der Waals surface area contributed by atoms with Crippen molar-refractivity contribution in [2.45, 2.75) is 78.2 Å². The second kappa shape index (κ2) is 5.36. The van der Waals surface area contributed by atoms with Gasteiger partial charge in [0.1, 0.15) is 6.10 Å². The largest absolute Gasteiger partial charge is 0.462 e. The van der Waals surface area contributed by atoms with Crippen LogP contribution >= 0.6 is 0 Å². The van der Waals surface area contributed by atoms with Crippen LogP contribution in [0.5, 0.6) is 0 Å². The van der Waals surface area contributed by atoms with E-state index < -0.39 is 0 Å². The fourth-order valence-electron chi connectivity index (χ4n) is 7.24. The molecule has 2 nitrogen and oxygen atoms in total. The minimum absolute atomic E-state index is 0.0840. The normalized spacial score (nSPS) is 51.5. The Bertz CT molecular complexity index is 524. The van der Waals surface area contributed by atoms with Gasteiger partial charge in [0.25, 0.3) is 0 Å². The molecule has 0 aromatic heterocycles. The van der Waals surface area contributed by atoms with Crippen molar-refractivity contribution in [2.75, 3.05) is 0 Å². The van der Waals surface area contributed by atoms with Crippen molar-refractivity contribution in [3.63, 3.8) is 0 Å². The maximum absolute atomic E-state index is 11.8. The van der Waals surface area contributed by atoms with Gasteiger partial charge >= 0.3 is 5.97 Å². The van der Waals surface area contributed by atoms with Gasteiger partial charge in [-0.2, -0.15) is 0 Å². The molecular formula is C21H32O2. The van der Waals surface area contributed by atoms with E-state index in [4.69, 9.17) is 4.74 Å². The molecule has 2 heteroatoms. The number of carbonyl (C=O) groups is 1. The molecule has 0 N–H and O–H groups in total. The van der Waals surface area contributed by atoms with Crippen molar-refractivity contribution >= 4 is 5.97 Å². The van der Waals surface area contributed by atoms with Crippen LogP contribution in [0.2, 0.25) is 0 Å². The Hall–Kier alpha value is -0.790. The molecule has 4 rings (SSSR count). The summed E-state index contributed by atoms with van der Waals surface area (Å²) in [5.41, 5.74) is 0.647. The van der Waals surface area contributed by atoms with E-state index in [2.05, 4.69) is 26.0 Å². The highest BCUT2D eigenvalue weighted by Gasteiger charge is 2.60. The minimum atomic E-state index is -0.0840. The van der Waals surface area contributed by atoms with Crippen LogP contribution in [0.1, 0.15) is 72.1 Å². The SMILES string of the molecule is CC(=O)O[C@H]1C[C@]2(C)CCC[C@H]2[C@@H]2CCC3CCC=C[C@]3(C)[C@H]21. The Morgan fingerprint density at radius 1 is 1.17 bits per heavy atom. The first-order valence-electron chi connectivity index (χ1n) is 9.79. The molecule has 0 amide bonds. The zero-order valence-electron chi connectivity index (χ0n) is 15.0. The second-order valence-electron chi connectivity index (χ2n) is 9.31. The Balaban J connectivity index is 1.74. The molecule has 3 saturated carbocycles. The highest BCUT2D eigenvalue weighted by atomic mass is 16.5. The van der Waals surface area contributed by atoms with Crippen molar-refractivity contribution in [1.29, 1.82) is 0 Å². The van der Waals surface area contributed by atoms with E-state index in [0.29, 0.717) is 11.3 Å². The molecule has 4 aliphatic carbocycles. The summed E-state index contributed by atoms with van der Waals surface area (Å²) >= 11 is 0. The van der Waals surface area contributed by atoms with Crippen LogP contribution in [0, 0.1) is 34.5 Å². The highest BCUT2D eigenvalue weighted by Crippen LogP contribution is 2.65. The van der Waals surface area contributed by atoms with Gasteiger partial charge in [-0.25, -0.2) is 0 Å². The molecule has 0 aromatic rings. The first-order valence-corrected chi connectivity index (χ1v) is 9.79. The van der Waals surface area contributed by atoms with Gasteiger partial charge in [-0.05, 0) is 73.5 Å². The second-order valence-corrected chi connectivity index (χ2v) is 9.31. The summed E-state index contributed by atoms with van der Waals surface area (Å²) in [7, 11) is 0. The number of esters is 1. The third-order valence-electron chi connectivity index (χ3n) is 8.13. The third-order valence-corrected chi connectivity index (χ3v) is 8.13. The summed E-state index contributed by atoms with van der Waals surface area (Å²) in [6.07, 6.45) is 15.5. The monoisotopic (exact) mass is 316 g/mol. The Morgan fingerprint density at radius 2 is 2.00 bits per heavy atom. The fourth-order valence-corrected chi connectivity index (χ4v) is 7.24. The molecule has 7 atom stereocenters. The maximum atomic E-state index is 11.8. The van der Waals surface area contributed by atoms with Crippen molar-refractivity contribution < 1.29 is 9.53 Å². The number of fused-ring (bicyclic) bond motifs is 5. The summed E-state index contributed by atoms with van der Waals surface area (Å²) in [4.78, 5) is 11.8. The van der Waals surface area contributed by atoms with E-state index in [9.17, 15) is 4.79 Å². The molecule has 0 spiro atoms. The van der Waals surface area contributed by atoms with Gasteiger partial charge in [0.05, 0.1) is 0 Å². The van der Waals surface area contributed by atoms with Crippen LogP contribution in [-0.2, 0) is 9.53 Å². The fraction of sp³-hybridized carbons (Fsp3) is 0.857. The molecule has 4 aliphatic rings. The zero-order valence-corrected chi connectivity index (χ0v) is 15.0. The molecule has 1 unspecified atom stereocenters. The van der Waals surface area contributed by atoms with Crippen molar-refractivity contribution in [3.05, 3.63) is 12.2 Å². The summed E-state index contributed by atoms with van der Waals surface area (Å²) in [5, 5.41) is 0. The standard InChI is InChI=1S/C21H32O2/c1-14(22)23-18-13-20(2)11-6-8-17(20)16-10-9-15-7-4-5-12-21(15,3)19(16)18/h5,12,15-19H,4,6-11,13H2,1-3H3/t15?,16-,17-,18-,19+,20-,21-/m0/s1. The van der Waals surface area contributed by atoms with E-state index in [1.54, 1.807) is 6.92 Å². The van der Waals surface area contributed by atoms with Crippen LogP contribution in [0.15, 0.2) is 12.2 Å². The zero-order chi connectivity index (χ0) is 16.2. The van der Waals surface area contributed by atoms with E-state index in [-0.39, 0.29) is 17.5 Å². The predicted octanol–water partition coefficient (Wildman–Crippen LogP) is 5.13. The van der Waals surface area contributed by atoms with Crippen LogP contribution in [0.3, 0.4) is 0 Å². The van der Waals surface area contributed by atoms with Gasteiger partial charge in [0.2, 0.25) is 0 Å². The first kappa shape index (κ1) is 15.7. The molecule has 128 valence electrons. The lowest BCUT2D eigenvalue weighted by Gasteiger charge is -2.60. The van der Waals surface area contributed by atoms with Gasteiger partial charge in [0.15, 0.2) is 0 Å². The van der Waals surface area contributed by atoms with Gasteiger partial charge in [-0.1, -0.05) is 32.4 Å². The highest BCUT2D eigenvalue weighted by molar-refractivity contribution is 5.66. The van der Waals surface area contributed by atoms with E-state index >= 15 is 0 Å². The van der Waals surface area contributed by atoms with Gasteiger partial charge < -0.3 is 4.74 Å². The Kier molecular flexibility index (Phi) is 3.66. The maximum Gasteiger partial charge on any atom is 0.302 e. The van der Waals surface area contributed by atoms with E-state index in [0.717, 1.165) is 24.2 Å². The number of hydrogen-bond donors (Lipinski definition) is 0. The lowest BCUT2D eigenvalue weighted by atomic mass is 9.46. The average Bonchev–Trinajstić information content (AvgIpc) is 2.86. The Labute approximate surface area is 141 Å². The summed E-state index contributed by atoms with van der Waals surface area (Å²) in [5.74, 6) is 2.85. The number of ether oxygens (including phenoxy) is 1. The van der Waals surface area contributed by atoms with E-state index in [1.807, 2.05) is 0 Å². The molecule has 23 heavy (non-hydrogen) atoms. The van der Waals surface area contributed by atoms with Crippen molar-refractivity contribution in [1.82, 2.24) is 0 Å². The third kappa shape index (κ3) is 2.31. The quantitative estimate of drug-likeness (QED) is 0.495. The van der Waals surface area contributed by atoms with Gasteiger partial charge in [-0.15, -0.1) is 0 Å². The van der Waals surface area contributed by atoms with Gasteiger partial charge in [0, 0.05) is 12.8 Å². The van der Waals surface area contributed by atoms with Crippen molar-refractivity contribution in [2.24, 2.45) is 34.5 Å². The molecular weight excluding hydrogens is 284 g/mol. The minimum Gasteiger partial charge on any atom is -0.462 e. The average molecular weight is 316 g/mol. The summed E-state index contributed by atoms with van der Waals surface area (Å²) in [6.45, 7) is 6.54. The molecule has 0 heterocycles. The van der Waals surface area contributed by atoms with Crippen LogP contribution in [-0.4, -0.2) is 12.1 Å². The molecule has 0 aliphatic heterocycles. The van der Waals surface area contributed by atoms with Crippen LogP contribution in [0.4, 0.5) is 0 Å². The first-order chi connectivity index (χ1) is 10.9.